The van der Waals surface area contributed by atoms with E-state index in [2.05, 4.69) is 48.9 Å². The van der Waals surface area contributed by atoms with Crippen LogP contribution in [-0.2, 0) is 17.7 Å². The van der Waals surface area contributed by atoms with Gasteiger partial charge in [-0.15, -0.1) is 0 Å². The summed E-state index contributed by atoms with van der Waals surface area (Å²) in [6.45, 7) is 7.30. The van der Waals surface area contributed by atoms with Gasteiger partial charge in [0.1, 0.15) is 5.82 Å². The Bertz CT molecular complexity index is 574. The van der Waals surface area contributed by atoms with Gasteiger partial charge < -0.3 is 14.6 Å². The Morgan fingerprint density at radius 3 is 2.65 bits per heavy atom. The standard InChI is InChI=1S/C16H25N3O/c1-6-19-13-10-8-7-9-12(13)18-15(19)11-14(17-4)16(2,3)20-5/h7-10,14,17H,6,11H2,1-5H3. The normalized spacial score (nSPS) is 13.8. The fourth-order valence-corrected chi connectivity index (χ4v) is 2.65. The number of rotatable bonds is 6. The van der Waals surface area contributed by atoms with E-state index in [9.17, 15) is 0 Å². The number of aromatic nitrogens is 2. The lowest BCUT2D eigenvalue weighted by Crippen LogP contribution is -2.48. The highest BCUT2D eigenvalue weighted by Crippen LogP contribution is 2.21. The third-order valence-corrected chi connectivity index (χ3v) is 4.15. The second-order valence-corrected chi connectivity index (χ2v) is 5.61. The Balaban J connectivity index is 2.37. The van der Waals surface area contributed by atoms with Gasteiger partial charge in [-0.05, 0) is 40.0 Å². The van der Waals surface area contributed by atoms with E-state index >= 15 is 0 Å². The molecule has 0 radical (unpaired) electrons. The minimum atomic E-state index is -0.231. The van der Waals surface area contributed by atoms with Crippen LogP contribution in [-0.4, -0.2) is 35.4 Å². The van der Waals surface area contributed by atoms with Crippen molar-refractivity contribution in [2.24, 2.45) is 0 Å². The molecule has 4 heteroatoms. The Labute approximate surface area is 121 Å². The molecular formula is C16H25N3O. The van der Waals surface area contributed by atoms with Gasteiger partial charge in [0.05, 0.1) is 16.6 Å². The van der Waals surface area contributed by atoms with Crippen molar-refractivity contribution in [3.63, 3.8) is 0 Å². The highest BCUT2D eigenvalue weighted by atomic mass is 16.5. The van der Waals surface area contributed by atoms with E-state index in [1.165, 1.54) is 5.52 Å². The molecule has 1 aromatic heterocycles. The molecule has 0 saturated carbocycles. The van der Waals surface area contributed by atoms with E-state index in [1.807, 2.05) is 13.1 Å². The minimum absolute atomic E-state index is 0.217. The van der Waals surface area contributed by atoms with Crippen LogP contribution in [0.1, 0.15) is 26.6 Å². The molecule has 0 spiro atoms. The van der Waals surface area contributed by atoms with Gasteiger partial charge in [-0.2, -0.15) is 0 Å². The number of likely N-dealkylation sites (N-methyl/N-ethyl adjacent to an activating group) is 1. The van der Waals surface area contributed by atoms with Gasteiger partial charge in [-0.1, -0.05) is 12.1 Å². The molecule has 110 valence electrons. The fourth-order valence-electron chi connectivity index (χ4n) is 2.65. The van der Waals surface area contributed by atoms with Crippen molar-refractivity contribution in [3.05, 3.63) is 30.1 Å². The molecule has 1 N–H and O–H groups in total. The second kappa shape index (κ2) is 5.94. The van der Waals surface area contributed by atoms with Crippen molar-refractivity contribution >= 4 is 11.0 Å². The van der Waals surface area contributed by atoms with Crippen LogP contribution in [0.15, 0.2) is 24.3 Å². The van der Waals surface area contributed by atoms with Crippen molar-refractivity contribution in [2.75, 3.05) is 14.2 Å². The first-order valence-corrected chi connectivity index (χ1v) is 7.20. The molecule has 0 aliphatic rings. The minimum Gasteiger partial charge on any atom is -0.377 e. The molecule has 1 heterocycles. The third-order valence-electron chi connectivity index (χ3n) is 4.15. The molecule has 0 saturated heterocycles. The maximum atomic E-state index is 5.61. The summed E-state index contributed by atoms with van der Waals surface area (Å²) in [4.78, 5) is 4.79. The van der Waals surface area contributed by atoms with Gasteiger partial charge in [-0.3, -0.25) is 0 Å². The fraction of sp³-hybridized carbons (Fsp3) is 0.562. The van der Waals surface area contributed by atoms with E-state index in [4.69, 9.17) is 9.72 Å². The number of nitrogens with zero attached hydrogens (tertiary/aromatic N) is 2. The number of para-hydroxylation sites is 2. The van der Waals surface area contributed by atoms with Crippen LogP contribution in [0.2, 0.25) is 0 Å². The van der Waals surface area contributed by atoms with Gasteiger partial charge >= 0.3 is 0 Å². The molecule has 1 atom stereocenters. The summed E-state index contributed by atoms with van der Waals surface area (Å²) in [6.07, 6.45) is 0.847. The summed E-state index contributed by atoms with van der Waals surface area (Å²) >= 11 is 0. The Morgan fingerprint density at radius 2 is 2.05 bits per heavy atom. The predicted octanol–water partition coefficient (Wildman–Crippen LogP) is 2.61. The zero-order chi connectivity index (χ0) is 14.8. The lowest BCUT2D eigenvalue weighted by molar-refractivity contribution is -0.00864. The predicted molar refractivity (Wildman–Crippen MR) is 83.0 cm³/mol. The molecule has 2 rings (SSSR count). The van der Waals surface area contributed by atoms with Crippen LogP contribution in [0.3, 0.4) is 0 Å². The van der Waals surface area contributed by atoms with Gasteiger partial charge in [0.25, 0.3) is 0 Å². The smallest absolute Gasteiger partial charge is 0.111 e. The zero-order valence-electron chi connectivity index (χ0n) is 13.1. The van der Waals surface area contributed by atoms with E-state index in [1.54, 1.807) is 7.11 Å². The number of ether oxygens (including phenoxy) is 1. The van der Waals surface area contributed by atoms with Crippen molar-refractivity contribution < 1.29 is 4.74 Å². The lowest BCUT2D eigenvalue weighted by atomic mass is 9.95. The molecule has 0 bridgehead atoms. The van der Waals surface area contributed by atoms with Gasteiger partial charge in [0.2, 0.25) is 0 Å². The van der Waals surface area contributed by atoms with E-state index < -0.39 is 0 Å². The second-order valence-electron chi connectivity index (χ2n) is 5.61. The molecule has 4 nitrogen and oxygen atoms in total. The van der Waals surface area contributed by atoms with Crippen molar-refractivity contribution in [3.8, 4) is 0 Å². The highest BCUT2D eigenvalue weighted by Gasteiger charge is 2.29. The van der Waals surface area contributed by atoms with Crippen LogP contribution in [0.25, 0.3) is 11.0 Å². The van der Waals surface area contributed by atoms with E-state index in [-0.39, 0.29) is 11.6 Å². The van der Waals surface area contributed by atoms with Crippen LogP contribution >= 0.6 is 0 Å². The average molecular weight is 275 g/mol. The number of nitrogens with one attached hydrogen (secondary N) is 1. The first-order valence-electron chi connectivity index (χ1n) is 7.20. The topological polar surface area (TPSA) is 39.1 Å². The maximum Gasteiger partial charge on any atom is 0.111 e. The zero-order valence-corrected chi connectivity index (χ0v) is 13.1. The largest absolute Gasteiger partial charge is 0.377 e. The first-order chi connectivity index (χ1) is 9.53. The highest BCUT2D eigenvalue weighted by molar-refractivity contribution is 5.75. The molecule has 0 aliphatic carbocycles. The van der Waals surface area contributed by atoms with Gasteiger partial charge in [0.15, 0.2) is 0 Å². The number of hydrogen-bond acceptors (Lipinski definition) is 3. The number of methoxy groups -OCH3 is 1. The van der Waals surface area contributed by atoms with Crippen molar-refractivity contribution in [1.29, 1.82) is 0 Å². The SMILES string of the molecule is CCn1c(CC(NC)C(C)(C)OC)nc2ccccc21. The van der Waals surface area contributed by atoms with Crippen LogP contribution in [0.5, 0.6) is 0 Å². The summed E-state index contributed by atoms with van der Waals surface area (Å²) in [7, 11) is 3.73. The van der Waals surface area contributed by atoms with Crippen LogP contribution < -0.4 is 5.32 Å². The quantitative estimate of drug-likeness (QED) is 0.881. The number of fused-ring (bicyclic) bond motifs is 1. The van der Waals surface area contributed by atoms with Crippen LogP contribution in [0.4, 0.5) is 0 Å². The Kier molecular flexibility index (Phi) is 4.45. The lowest BCUT2D eigenvalue weighted by Gasteiger charge is -2.32. The molecule has 0 aliphatic heterocycles. The number of aryl methyl sites for hydroxylation is 1. The molecule has 1 unspecified atom stereocenters. The first kappa shape index (κ1) is 15.0. The monoisotopic (exact) mass is 275 g/mol. The summed E-state index contributed by atoms with van der Waals surface area (Å²) in [5.74, 6) is 1.11. The van der Waals surface area contributed by atoms with Crippen molar-refractivity contribution in [1.82, 2.24) is 14.9 Å². The van der Waals surface area contributed by atoms with E-state index in [0.29, 0.717) is 0 Å². The molecule has 2 aromatic rings. The van der Waals surface area contributed by atoms with Crippen LogP contribution in [0, 0.1) is 0 Å². The average Bonchev–Trinajstić information content (AvgIpc) is 2.81. The third kappa shape index (κ3) is 2.72. The number of imidazole rings is 1. The van der Waals surface area contributed by atoms with Gasteiger partial charge in [0, 0.05) is 26.1 Å². The summed E-state index contributed by atoms with van der Waals surface area (Å²) < 4.78 is 7.89. The number of benzene rings is 1. The maximum absolute atomic E-state index is 5.61. The molecule has 20 heavy (non-hydrogen) atoms. The summed E-state index contributed by atoms with van der Waals surface area (Å²) in [5, 5.41) is 3.36. The molecule has 1 aromatic carbocycles. The molecule has 0 amide bonds. The number of hydrogen-bond donors (Lipinski definition) is 1. The van der Waals surface area contributed by atoms with Crippen molar-refractivity contribution in [2.45, 2.75) is 45.4 Å². The summed E-state index contributed by atoms with van der Waals surface area (Å²) in [6, 6.07) is 8.52. The van der Waals surface area contributed by atoms with E-state index in [0.717, 1.165) is 24.3 Å². The Morgan fingerprint density at radius 1 is 1.35 bits per heavy atom. The molecular weight excluding hydrogens is 250 g/mol. The van der Waals surface area contributed by atoms with Gasteiger partial charge in [-0.25, -0.2) is 4.98 Å². The summed E-state index contributed by atoms with van der Waals surface area (Å²) in [5.41, 5.74) is 2.04. The molecule has 0 fully saturated rings. The Hall–Kier alpha value is -1.39.